The molecule has 4 N–H and O–H groups in total. The van der Waals surface area contributed by atoms with Crippen molar-refractivity contribution in [2.75, 3.05) is 6.61 Å². The molecule has 0 radical (unpaired) electrons. The number of aliphatic hydroxyl groups is 1. The van der Waals surface area contributed by atoms with E-state index in [1.165, 1.54) is 6.07 Å². The van der Waals surface area contributed by atoms with E-state index in [2.05, 4.69) is 0 Å². The van der Waals surface area contributed by atoms with Gasteiger partial charge in [-0.05, 0) is 31.0 Å². The molecule has 0 amide bonds. The molecule has 78 valence electrons. The first kappa shape index (κ1) is 11.3. The molecule has 1 unspecified atom stereocenters. The van der Waals surface area contributed by atoms with Gasteiger partial charge in [0.05, 0.1) is 0 Å². The second kappa shape index (κ2) is 4.64. The zero-order valence-electron chi connectivity index (χ0n) is 8.00. The molecule has 0 aliphatic heterocycles. The third kappa shape index (κ3) is 2.18. The average Bonchev–Trinajstić information content (AvgIpc) is 2.13. The van der Waals surface area contributed by atoms with E-state index in [1.54, 1.807) is 13.0 Å². The van der Waals surface area contributed by atoms with Crippen LogP contribution in [0.5, 0.6) is 5.75 Å². The largest absolute Gasteiger partial charge is 0.508 e. The molecule has 0 saturated carbocycles. The highest BCUT2D eigenvalue weighted by Gasteiger charge is 2.15. The SMILES string of the molecule is Cc1c(Cl)ccc(O)c1C(N)CCO. The van der Waals surface area contributed by atoms with Gasteiger partial charge >= 0.3 is 0 Å². The van der Waals surface area contributed by atoms with Gasteiger partial charge in [0.15, 0.2) is 0 Å². The molecule has 0 saturated heterocycles. The van der Waals surface area contributed by atoms with Crippen LogP contribution in [0.2, 0.25) is 5.02 Å². The Morgan fingerprint density at radius 3 is 2.71 bits per heavy atom. The van der Waals surface area contributed by atoms with Gasteiger partial charge in [-0.15, -0.1) is 0 Å². The highest BCUT2D eigenvalue weighted by atomic mass is 35.5. The van der Waals surface area contributed by atoms with E-state index < -0.39 is 0 Å². The molecule has 1 atom stereocenters. The molecule has 1 aromatic rings. The number of rotatable bonds is 3. The van der Waals surface area contributed by atoms with Crippen LogP contribution >= 0.6 is 11.6 Å². The fraction of sp³-hybridized carbons (Fsp3) is 0.400. The van der Waals surface area contributed by atoms with Crippen LogP contribution < -0.4 is 5.73 Å². The molecular weight excluding hydrogens is 202 g/mol. The highest BCUT2D eigenvalue weighted by Crippen LogP contribution is 2.32. The van der Waals surface area contributed by atoms with Crippen molar-refractivity contribution in [1.82, 2.24) is 0 Å². The summed E-state index contributed by atoms with van der Waals surface area (Å²) in [7, 11) is 0. The Labute approximate surface area is 88.1 Å². The molecule has 0 fully saturated rings. The van der Waals surface area contributed by atoms with Crippen LogP contribution in [0.1, 0.15) is 23.6 Å². The third-order valence-corrected chi connectivity index (χ3v) is 2.65. The first-order valence-corrected chi connectivity index (χ1v) is 4.80. The summed E-state index contributed by atoms with van der Waals surface area (Å²) in [6, 6.07) is 2.77. The maximum absolute atomic E-state index is 9.59. The Morgan fingerprint density at radius 2 is 2.14 bits per heavy atom. The number of phenols is 1. The van der Waals surface area contributed by atoms with Crippen LogP contribution in [-0.4, -0.2) is 16.8 Å². The van der Waals surface area contributed by atoms with E-state index in [1.807, 2.05) is 0 Å². The first-order valence-electron chi connectivity index (χ1n) is 4.42. The summed E-state index contributed by atoms with van der Waals surface area (Å²) in [6.07, 6.45) is 0.411. The van der Waals surface area contributed by atoms with E-state index in [-0.39, 0.29) is 18.4 Å². The fourth-order valence-electron chi connectivity index (χ4n) is 1.44. The first-order chi connectivity index (χ1) is 6.57. The zero-order valence-corrected chi connectivity index (χ0v) is 8.75. The van der Waals surface area contributed by atoms with Crippen molar-refractivity contribution in [2.45, 2.75) is 19.4 Å². The topological polar surface area (TPSA) is 66.5 Å². The predicted octanol–water partition coefficient (Wildman–Crippen LogP) is 1.74. The molecule has 1 rings (SSSR count). The van der Waals surface area contributed by atoms with Crippen molar-refractivity contribution < 1.29 is 10.2 Å². The van der Waals surface area contributed by atoms with E-state index in [0.29, 0.717) is 17.0 Å². The molecule has 0 aromatic heterocycles. The van der Waals surface area contributed by atoms with Gasteiger partial charge in [0.2, 0.25) is 0 Å². The number of halogens is 1. The minimum atomic E-state index is -0.376. The number of nitrogens with two attached hydrogens (primary N) is 1. The predicted molar refractivity (Wildman–Crippen MR) is 56.5 cm³/mol. The van der Waals surface area contributed by atoms with Crippen molar-refractivity contribution in [1.29, 1.82) is 0 Å². The Bertz CT molecular complexity index is 328. The summed E-state index contributed by atoms with van der Waals surface area (Å²) in [4.78, 5) is 0. The van der Waals surface area contributed by atoms with Gasteiger partial charge in [-0.1, -0.05) is 11.6 Å². The van der Waals surface area contributed by atoms with Gasteiger partial charge in [0.25, 0.3) is 0 Å². The Balaban J connectivity index is 3.11. The molecule has 0 aliphatic rings. The number of hydrogen-bond acceptors (Lipinski definition) is 3. The van der Waals surface area contributed by atoms with Gasteiger partial charge in [-0.3, -0.25) is 0 Å². The Hall–Kier alpha value is -0.770. The van der Waals surface area contributed by atoms with E-state index in [0.717, 1.165) is 5.56 Å². The molecule has 0 spiro atoms. The molecule has 4 heteroatoms. The van der Waals surface area contributed by atoms with Crippen molar-refractivity contribution in [3.8, 4) is 5.75 Å². The third-order valence-electron chi connectivity index (χ3n) is 2.24. The van der Waals surface area contributed by atoms with Gasteiger partial charge in [0, 0.05) is 23.2 Å². The van der Waals surface area contributed by atoms with Crippen molar-refractivity contribution >= 4 is 11.6 Å². The fourth-order valence-corrected chi connectivity index (χ4v) is 1.60. The lowest BCUT2D eigenvalue weighted by molar-refractivity contribution is 0.275. The van der Waals surface area contributed by atoms with Crippen LogP contribution in [0, 0.1) is 6.92 Å². The van der Waals surface area contributed by atoms with Crippen molar-refractivity contribution in [3.63, 3.8) is 0 Å². The number of benzene rings is 1. The van der Waals surface area contributed by atoms with Crippen LogP contribution in [-0.2, 0) is 0 Å². The summed E-state index contributed by atoms with van der Waals surface area (Å²) in [5.41, 5.74) is 7.19. The second-order valence-electron chi connectivity index (χ2n) is 3.22. The number of phenolic OH excluding ortho intramolecular Hbond substituents is 1. The minimum absolute atomic E-state index is 0.00738. The summed E-state index contributed by atoms with van der Waals surface area (Å²) in [5.74, 6) is 0.132. The lowest BCUT2D eigenvalue weighted by Crippen LogP contribution is -2.13. The summed E-state index contributed by atoms with van der Waals surface area (Å²) in [6.45, 7) is 1.79. The smallest absolute Gasteiger partial charge is 0.120 e. The quantitative estimate of drug-likeness (QED) is 0.720. The van der Waals surface area contributed by atoms with Gasteiger partial charge in [0.1, 0.15) is 5.75 Å². The molecule has 0 aliphatic carbocycles. The zero-order chi connectivity index (χ0) is 10.7. The second-order valence-corrected chi connectivity index (χ2v) is 3.63. The number of hydrogen-bond donors (Lipinski definition) is 3. The van der Waals surface area contributed by atoms with Gasteiger partial charge in [-0.2, -0.15) is 0 Å². The lowest BCUT2D eigenvalue weighted by atomic mass is 9.98. The Kier molecular flexibility index (Phi) is 3.75. The van der Waals surface area contributed by atoms with Crippen LogP contribution in [0.3, 0.4) is 0 Å². The number of aromatic hydroxyl groups is 1. The maximum atomic E-state index is 9.59. The summed E-state index contributed by atoms with van der Waals surface area (Å²) in [5, 5.41) is 18.9. The van der Waals surface area contributed by atoms with Crippen LogP contribution in [0.4, 0.5) is 0 Å². The molecule has 0 bridgehead atoms. The monoisotopic (exact) mass is 215 g/mol. The molecular formula is C10H14ClNO2. The molecule has 1 aromatic carbocycles. The van der Waals surface area contributed by atoms with Gasteiger partial charge in [-0.25, -0.2) is 0 Å². The lowest BCUT2D eigenvalue weighted by Gasteiger charge is -2.16. The number of aliphatic hydroxyl groups excluding tert-OH is 1. The van der Waals surface area contributed by atoms with Crippen molar-refractivity contribution in [2.24, 2.45) is 5.73 Å². The van der Waals surface area contributed by atoms with E-state index >= 15 is 0 Å². The van der Waals surface area contributed by atoms with Gasteiger partial charge < -0.3 is 15.9 Å². The van der Waals surface area contributed by atoms with Crippen molar-refractivity contribution in [3.05, 3.63) is 28.3 Å². The summed E-state index contributed by atoms with van der Waals surface area (Å²) < 4.78 is 0. The molecule has 14 heavy (non-hydrogen) atoms. The summed E-state index contributed by atoms with van der Waals surface area (Å²) >= 11 is 5.90. The highest BCUT2D eigenvalue weighted by molar-refractivity contribution is 6.31. The molecule has 0 heterocycles. The van der Waals surface area contributed by atoms with E-state index in [4.69, 9.17) is 22.4 Å². The van der Waals surface area contributed by atoms with Crippen LogP contribution in [0.15, 0.2) is 12.1 Å². The maximum Gasteiger partial charge on any atom is 0.120 e. The molecule has 3 nitrogen and oxygen atoms in total. The normalized spacial score (nSPS) is 12.9. The van der Waals surface area contributed by atoms with Crippen LogP contribution in [0.25, 0.3) is 0 Å². The Morgan fingerprint density at radius 1 is 1.50 bits per heavy atom. The van der Waals surface area contributed by atoms with E-state index in [9.17, 15) is 5.11 Å². The minimum Gasteiger partial charge on any atom is -0.508 e. The standard InChI is InChI=1S/C10H14ClNO2/c1-6-7(11)2-3-9(14)10(6)8(12)4-5-13/h2-3,8,13-14H,4-5,12H2,1H3. The average molecular weight is 216 g/mol.